The lowest BCUT2D eigenvalue weighted by atomic mass is 10.0. The number of nitrogens with zero attached hydrogens (tertiary/aromatic N) is 1. The lowest BCUT2D eigenvalue weighted by Crippen LogP contribution is -2.43. The molecule has 0 aromatic rings. The molecule has 1 fully saturated rings. The number of ether oxygens (including phenoxy) is 1. The zero-order valence-electron chi connectivity index (χ0n) is 15.6. The third-order valence-electron chi connectivity index (χ3n) is 3.80. The average Bonchev–Trinajstić information content (AvgIpc) is 2.44. The van der Waals surface area contributed by atoms with Crippen molar-refractivity contribution >= 4 is 6.09 Å². The predicted octanol–water partition coefficient (Wildman–Crippen LogP) is 2.92. The Morgan fingerprint density at radius 3 is 2.43 bits per heavy atom. The van der Waals surface area contributed by atoms with Crippen LogP contribution in [0.2, 0.25) is 0 Å². The number of allylic oxidation sites excluding steroid dienone is 1. The number of hydrogen-bond donors (Lipinski definition) is 2. The molecule has 0 saturated carbocycles. The largest absolute Gasteiger partial charge is 0.444 e. The Bertz CT molecular complexity index is 376. The minimum Gasteiger partial charge on any atom is -0.444 e. The first-order chi connectivity index (χ1) is 10.8. The van der Waals surface area contributed by atoms with Gasteiger partial charge < -0.3 is 15.4 Å². The summed E-state index contributed by atoms with van der Waals surface area (Å²) in [5.41, 5.74) is 0.963. The molecule has 5 heteroatoms. The maximum atomic E-state index is 11.5. The Morgan fingerprint density at radius 1 is 1.22 bits per heavy atom. The van der Waals surface area contributed by atoms with E-state index in [-0.39, 0.29) is 6.09 Å². The molecular weight excluding hydrogens is 290 g/mol. The standard InChI is InChI=1S/C18H35N3O2/c1-15(2)7-12-21-13-8-16(9-14-21)19-10-6-11-20-17(22)23-18(3,4)5/h7,16,19H,6,8-14H2,1-5H3,(H,20,22). The first-order valence-electron chi connectivity index (χ1n) is 8.82. The van der Waals surface area contributed by atoms with Crippen molar-refractivity contribution in [3.05, 3.63) is 11.6 Å². The van der Waals surface area contributed by atoms with E-state index in [0.717, 1.165) is 32.6 Å². The monoisotopic (exact) mass is 325 g/mol. The van der Waals surface area contributed by atoms with Gasteiger partial charge in [-0.1, -0.05) is 11.6 Å². The van der Waals surface area contributed by atoms with Crippen LogP contribution < -0.4 is 10.6 Å². The molecule has 23 heavy (non-hydrogen) atoms. The molecule has 1 heterocycles. The van der Waals surface area contributed by atoms with Crippen molar-refractivity contribution in [2.45, 2.75) is 65.5 Å². The molecule has 0 unspecified atom stereocenters. The fraction of sp³-hybridized carbons (Fsp3) is 0.833. The number of hydrogen-bond acceptors (Lipinski definition) is 4. The number of alkyl carbamates (subject to hydrolysis) is 1. The van der Waals surface area contributed by atoms with Crippen molar-refractivity contribution in [3.63, 3.8) is 0 Å². The average molecular weight is 325 g/mol. The molecule has 1 amide bonds. The second-order valence-electron chi connectivity index (χ2n) is 7.59. The van der Waals surface area contributed by atoms with E-state index in [1.165, 1.54) is 18.4 Å². The van der Waals surface area contributed by atoms with Crippen LogP contribution in [0.4, 0.5) is 4.79 Å². The summed E-state index contributed by atoms with van der Waals surface area (Å²) in [5, 5.41) is 6.39. The van der Waals surface area contributed by atoms with Crippen LogP contribution in [0.5, 0.6) is 0 Å². The molecule has 0 aliphatic carbocycles. The fourth-order valence-corrected chi connectivity index (χ4v) is 2.53. The van der Waals surface area contributed by atoms with Gasteiger partial charge in [0.2, 0.25) is 0 Å². The SMILES string of the molecule is CC(C)=CCN1CCC(NCCCNC(=O)OC(C)(C)C)CC1. The normalized spacial score (nSPS) is 16.9. The number of amides is 1. The minimum absolute atomic E-state index is 0.329. The Morgan fingerprint density at radius 2 is 1.87 bits per heavy atom. The van der Waals surface area contributed by atoms with Gasteiger partial charge in [0.25, 0.3) is 0 Å². The van der Waals surface area contributed by atoms with Crippen molar-refractivity contribution < 1.29 is 9.53 Å². The van der Waals surface area contributed by atoms with Crippen molar-refractivity contribution in [3.8, 4) is 0 Å². The van der Waals surface area contributed by atoms with Crippen LogP contribution in [0.3, 0.4) is 0 Å². The Labute approximate surface area is 141 Å². The van der Waals surface area contributed by atoms with Crippen LogP contribution in [0.15, 0.2) is 11.6 Å². The summed E-state index contributed by atoms with van der Waals surface area (Å²) in [7, 11) is 0. The van der Waals surface area contributed by atoms with Crippen molar-refractivity contribution in [2.24, 2.45) is 0 Å². The van der Waals surface area contributed by atoms with E-state index in [0.29, 0.717) is 12.6 Å². The quantitative estimate of drug-likeness (QED) is 0.558. The second kappa shape index (κ2) is 9.93. The number of piperidine rings is 1. The van der Waals surface area contributed by atoms with E-state index >= 15 is 0 Å². The molecule has 0 atom stereocenters. The van der Waals surface area contributed by atoms with Crippen molar-refractivity contribution in [1.29, 1.82) is 0 Å². The molecular formula is C18H35N3O2. The highest BCUT2D eigenvalue weighted by Crippen LogP contribution is 2.10. The van der Waals surface area contributed by atoms with Gasteiger partial charge in [-0.05, 0) is 73.5 Å². The fourth-order valence-electron chi connectivity index (χ4n) is 2.53. The van der Waals surface area contributed by atoms with Crippen LogP contribution in [0, 0.1) is 0 Å². The van der Waals surface area contributed by atoms with Gasteiger partial charge in [0, 0.05) is 19.1 Å². The first kappa shape index (κ1) is 20.0. The maximum Gasteiger partial charge on any atom is 0.407 e. The van der Waals surface area contributed by atoms with Crippen LogP contribution in [0.25, 0.3) is 0 Å². The van der Waals surface area contributed by atoms with E-state index < -0.39 is 5.60 Å². The van der Waals surface area contributed by atoms with Crippen molar-refractivity contribution in [1.82, 2.24) is 15.5 Å². The Hall–Kier alpha value is -1.07. The highest BCUT2D eigenvalue weighted by Gasteiger charge is 2.18. The van der Waals surface area contributed by atoms with Gasteiger partial charge in [0.15, 0.2) is 0 Å². The van der Waals surface area contributed by atoms with Gasteiger partial charge in [-0.15, -0.1) is 0 Å². The molecule has 1 aliphatic heterocycles. The maximum absolute atomic E-state index is 11.5. The van der Waals surface area contributed by atoms with E-state index in [1.807, 2.05) is 20.8 Å². The summed E-state index contributed by atoms with van der Waals surface area (Å²) >= 11 is 0. The van der Waals surface area contributed by atoms with Crippen LogP contribution in [-0.2, 0) is 4.74 Å². The van der Waals surface area contributed by atoms with Gasteiger partial charge in [-0.25, -0.2) is 4.79 Å². The number of nitrogens with one attached hydrogen (secondary N) is 2. The third kappa shape index (κ3) is 10.3. The molecule has 1 saturated heterocycles. The summed E-state index contributed by atoms with van der Waals surface area (Å²) in [6.07, 6.45) is 5.31. The molecule has 0 aromatic heterocycles. The summed E-state index contributed by atoms with van der Waals surface area (Å²) in [6, 6.07) is 0.611. The van der Waals surface area contributed by atoms with Crippen LogP contribution in [0.1, 0.15) is 53.9 Å². The molecule has 0 radical (unpaired) electrons. The highest BCUT2D eigenvalue weighted by atomic mass is 16.6. The number of carbonyl (C=O) groups is 1. The Balaban J connectivity index is 2.03. The van der Waals surface area contributed by atoms with Gasteiger partial charge in [0.05, 0.1) is 0 Å². The molecule has 134 valence electrons. The van der Waals surface area contributed by atoms with Gasteiger partial charge in [0.1, 0.15) is 5.60 Å². The van der Waals surface area contributed by atoms with Gasteiger partial charge in [-0.3, -0.25) is 4.90 Å². The molecule has 2 N–H and O–H groups in total. The van der Waals surface area contributed by atoms with Crippen LogP contribution in [-0.4, -0.2) is 55.4 Å². The highest BCUT2D eigenvalue weighted by molar-refractivity contribution is 5.67. The molecule has 0 bridgehead atoms. The van der Waals surface area contributed by atoms with E-state index in [2.05, 4.69) is 35.5 Å². The predicted molar refractivity (Wildman–Crippen MR) is 95.7 cm³/mol. The van der Waals surface area contributed by atoms with E-state index in [4.69, 9.17) is 4.74 Å². The van der Waals surface area contributed by atoms with Gasteiger partial charge in [-0.2, -0.15) is 0 Å². The smallest absolute Gasteiger partial charge is 0.407 e. The molecule has 0 aromatic carbocycles. The number of rotatable bonds is 7. The molecule has 1 rings (SSSR count). The number of likely N-dealkylation sites (tertiary alicyclic amines) is 1. The molecule has 5 nitrogen and oxygen atoms in total. The molecule has 0 spiro atoms. The number of carbonyl (C=O) groups excluding carboxylic acids is 1. The van der Waals surface area contributed by atoms with E-state index in [1.54, 1.807) is 0 Å². The zero-order valence-corrected chi connectivity index (χ0v) is 15.6. The third-order valence-corrected chi connectivity index (χ3v) is 3.80. The lowest BCUT2D eigenvalue weighted by molar-refractivity contribution is 0.0527. The molecule has 1 aliphatic rings. The van der Waals surface area contributed by atoms with E-state index in [9.17, 15) is 4.79 Å². The minimum atomic E-state index is -0.429. The second-order valence-corrected chi connectivity index (χ2v) is 7.59. The summed E-state index contributed by atoms with van der Waals surface area (Å²) in [4.78, 5) is 14.0. The Kier molecular flexibility index (Phi) is 8.63. The zero-order chi connectivity index (χ0) is 17.3. The topological polar surface area (TPSA) is 53.6 Å². The van der Waals surface area contributed by atoms with Crippen LogP contribution >= 0.6 is 0 Å². The van der Waals surface area contributed by atoms with Gasteiger partial charge >= 0.3 is 6.09 Å². The summed E-state index contributed by atoms with van der Waals surface area (Å²) in [6.45, 7) is 14.9. The lowest BCUT2D eigenvalue weighted by Gasteiger charge is -2.31. The first-order valence-corrected chi connectivity index (χ1v) is 8.82. The summed E-state index contributed by atoms with van der Waals surface area (Å²) < 4.78 is 5.21. The summed E-state index contributed by atoms with van der Waals surface area (Å²) in [5.74, 6) is 0. The van der Waals surface area contributed by atoms with Crippen molar-refractivity contribution in [2.75, 3.05) is 32.7 Å².